The Morgan fingerprint density at radius 3 is 2.33 bits per heavy atom. The maximum atomic E-state index is 14.3. The van der Waals surface area contributed by atoms with E-state index in [2.05, 4.69) is 28.8 Å². The number of aliphatic hydroxyl groups is 4. The van der Waals surface area contributed by atoms with E-state index in [4.69, 9.17) is 18.9 Å². The number of aliphatic hydroxyl groups excluding tert-OH is 4. The largest absolute Gasteiger partial charge is 0.507 e. The van der Waals surface area contributed by atoms with Crippen molar-refractivity contribution in [3.8, 4) is 29.1 Å². The third-order valence-corrected chi connectivity index (χ3v) is 31.0. The minimum absolute atomic E-state index is 0.0434. The van der Waals surface area contributed by atoms with Crippen molar-refractivity contribution < 1.29 is 64.3 Å². The lowest BCUT2D eigenvalue weighted by atomic mass is 9.38. The van der Waals surface area contributed by atoms with Gasteiger partial charge in [-0.2, -0.15) is 0 Å². The number of rotatable bonds is 8. The Hall–Kier alpha value is -4.08. The normalized spacial score (nSPS) is 47.1. The van der Waals surface area contributed by atoms with E-state index in [0.717, 1.165) is 77.0 Å². The van der Waals surface area contributed by atoms with Gasteiger partial charge in [0.25, 0.3) is 0 Å². The molecule has 2 aromatic carbocycles. The van der Waals surface area contributed by atoms with Crippen LogP contribution in [0.5, 0.6) is 17.2 Å². The molecule has 16 aliphatic rings. The van der Waals surface area contributed by atoms with E-state index >= 15 is 0 Å². The molecule has 15 heteroatoms. The molecule has 0 aromatic heterocycles. The van der Waals surface area contributed by atoms with Gasteiger partial charge >= 0.3 is 5.97 Å². The molecular formula is C76H98N2O13. The van der Waals surface area contributed by atoms with Crippen LogP contribution in [-0.2, 0) is 14.2 Å². The zero-order valence-electron chi connectivity index (χ0n) is 53.9. The van der Waals surface area contributed by atoms with Gasteiger partial charge in [-0.15, -0.1) is 0 Å². The standard InChI is InChI=1S/C76H98N2O13/c1-44-55(45(2)81)59(83)56-49(58(44)82)29-46(63(86)87)30-53(56)89-64-60(84)62(85)76-32-52-57-50(13-14-51(57)73(91-76)22-9-19-67(39-73)24-26-68(35-67)20-7-11-48(68)12-8-23-74(76,42-80)90-64)72(21-10-28-79)43-88-34-47-31-69-40-71(33-54(69)77-78-75(52,41-69)61(47)72)38-66(17-5-6-18-66)37-70(71)27-25-65(36-70)15-3-4-16-65/h13,29-30,47-48,52,54,60-62,64,77-80,82-85H,3-7,9-12,14-22,24-28,31-43H2,1-2H3,(H,86,87). The smallest absolute Gasteiger partial charge is 0.335 e. The summed E-state index contributed by atoms with van der Waals surface area (Å²) < 4.78 is 29.9. The average molecular weight is 1250 g/mol. The summed E-state index contributed by atoms with van der Waals surface area (Å²) in [6, 6.07) is 2.62. The Morgan fingerprint density at radius 1 is 0.791 bits per heavy atom. The Balaban J connectivity index is 0.836. The molecule has 18 rings (SSSR count). The van der Waals surface area contributed by atoms with Crippen molar-refractivity contribution in [2.45, 2.75) is 266 Å². The van der Waals surface area contributed by atoms with Gasteiger partial charge in [0, 0.05) is 53.5 Å². The Bertz CT molecular complexity index is 3610. The van der Waals surface area contributed by atoms with Crippen LogP contribution in [0.3, 0.4) is 0 Å². The van der Waals surface area contributed by atoms with Crippen molar-refractivity contribution in [1.29, 1.82) is 0 Å². The highest BCUT2D eigenvalue weighted by Gasteiger charge is 2.81. The molecule has 15 nitrogen and oxygen atoms in total. The monoisotopic (exact) mass is 1250 g/mol. The Morgan fingerprint density at radius 2 is 1.55 bits per heavy atom. The van der Waals surface area contributed by atoms with Gasteiger partial charge in [-0.3, -0.25) is 15.6 Å². The second kappa shape index (κ2) is 19.6. The number of hydrogen-bond donors (Lipinski definition) is 9. The summed E-state index contributed by atoms with van der Waals surface area (Å²) in [5, 5.41) is 85.9. The number of nitrogens with one attached hydrogen (secondary N) is 2. The molecule has 490 valence electrons. The minimum atomic E-state index is -2.08. The Kier molecular flexibility index (Phi) is 12.8. The van der Waals surface area contributed by atoms with Crippen molar-refractivity contribution in [3.63, 3.8) is 0 Å². The molecule has 0 radical (unpaired) electrons. The van der Waals surface area contributed by atoms with Crippen LogP contribution in [0.25, 0.3) is 10.8 Å². The number of fused-ring (bicyclic) bond motifs is 3. The first-order valence-electron chi connectivity index (χ1n) is 36.1. The van der Waals surface area contributed by atoms with E-state index < -0.39 is 76.1 Å². The number of phenols is 2. The van der Waals surface area contributed by atoms with Crippen molar-refractivity contribution in [3.05, 3.63) is 51.6 Å². The molecule has 9 N–H and O–H groups in total. The SMILES string of the molecule is CC(=O)c1c(C)c(O)c2cc(C(=O)O)cc(OC3OC4(CO)C#CCC5CCCC56CCC5(CCCC7(C5)OC4(CC4C5=C7CC=C5C5(CCCO)COCC7CC89CC4(NNC8CC4(CC8(CCCC8)CC48CCC4(CCCC4)C8)C9)C75)C(O)C3O)C6)c2c1O. The molecule has 2 aromatic rings. The van der Waals surface area contributed by atoms with Gasteiger partial charge < -0.3 is 54.7 Å². The van der Waals surface area contributed by atoms with Gasteiger partial charge in [-0.05, 0) is 265 Å². The van der Waals surface area contributed by atoms with Gasteiger partial charge in [0.1, 0.15) is 35.1 Å². The molecular weight excluding hydrogens is 1150 g/mol. The molecule has 18 unspecified atom stereocenters. The molecule has 3 saturated heterocycles. The van der Waals surface area contributed by atoms with Crippen LogP contribution in [0.1, 0.15) is 239 Å². The summed E-state index contributed by atoms with van der Waals surface area (Å²) in [6.07, 6.45) is 31.7. The quantitative estimate of drug-likeness (QED) is 0.0679. The number of ketones is 1. The number of Topliss-reactive ketones (excluding diaryl/α,β-unsaturated/α-hetero) is 1. The fraction of sp³-hybridized carbons (Fsp3) is 0.763. The van der Waals surface area contributed by atoms with E-state index in [1.807, 2.05) is 0 Å². The van der Waals surface area contributed by atoms with Crippen LogP contribution in [0.15, 0.2) is 34.9 Å². The lowest BCUT2D eigenvalue weighted by Gasteiger charge is -2.72. The lowest BCUT2D eigenvalue weighted by molar-refractivity contribution is -0.370. The highest BCUT2D eigenvalue weighted by Crippen LogP contribution is 2.83. The number of hydrogen-bond acceptors (Lipinski definition) is 14. The maximum Gasteiger partial charge on any atom is 0.335 e. The van der Waals surface area contributed by atoms with Crippen LogP contribution in [0, 0.1) is 85.8 Å². The number of aromatic hydroxyl groups is 2. The molecule has 0 amide bonds. The van der Waals surface area contributed by atoms with Crippen LogP contribution < -0.4 is 15.6 Å². The van der Waals surface area contributed by atoms with Crippen LogP contribution in [0.4, 0.5) is 0 Å². The van der Waals surface area contributed by atoms with Crippen molar-refractivity contribution >= 4 is 22.5 Å². The summed E-state index contributed by atoms with van der Waals surface area (Å²) in [7, 11) is 0. The molecule has 18 atom stereocenters. The predicted octanol–water partition coefficient (Wildman–Crippen LogP) is 11.6. The first-order valence-corrected chi connectivity index (χ1v) is 36.1. The third-order valence-electron chi connectivity index (χ3n) is 31.0. The average Bonchev–Trinajstić information content (AvgIpc) is 1.56. The zero-order valence-corrected chi connectivity index (χ0v) is 53.9. The number of carboxylic acids is 1. The molecule has 13 fully saturated rings. The molecule has 5 aliphatic heterocycles. The summed E-state index contributed by atoms with van der Waals surface area (Å²) >= 11 is 0. The van der Waals surface area contributed by atoms with Crippen molar-refractivity contribution in [2.75, 3.05) is 26.4 Å². The number of phenolic OH excluding ortho intramolecular Hbond substituents is 2. The summed E-state index contributed by atoms with van der Waals surface area (Å²) in [5.74, 6) is 4.29. The number of allylic oxidation sites excluding steroid dienone is 1. The molecule has 5 heterocycles. The lowest BCUT2D eigenvalue weighted by Crippen LogP contribution is -2.82. The third kappa shape index (κ3) is 7.61. The van der Waals surface area contributed by atoms with Crippen molar-refractivity contribution in [1.82, 2.24) is 10.9 Å². The van der Waals surface area contributed by atoms with E-state index in [9.17, 15) is 45.3 Å². The highest BCUT2D eigenvalue weighted by atomic mass is 16.7. The van der Waals surface area contributed by atoms with Gasteiger partial charge in [0.05, 0.1) is 35.3 Å². The second-order valence-electron chi connectivity index (χ2n) is 34.8. The Labute approximate surface area is 535 Å². The molecule has 91 heavy (non-hydrogen) atoms. The van der Waals surface area contributed by atoms with Crippen LogP contribution in [-0.4, -0.2) is 121 Å². The highest BCUT2D eigenvalue weighted by molar-refractivity contribution is 6.11. The first kappa shape index (κ1) is 59.4. The van der Waals surface area contributed by atoms with Gasteiger partial charge in [-0.1, -0.05) is 50.0 Å². The van der Waals surface area contributed by atoms with Crippen molar-refractivity contribution in [2.24, 2.45) is 67.0 Å². The number of benzene rings is 2. The number of aromatic carboxylic acids is 1. The maximum absolute atomic E-state index is 14.3. The number of carboxylic acid groups (broad SMARTS) is 1. The molecule has 6 bridgehead atoms. The minimum Gasteiger partial charge on any atom is -0.507 e. The van der Waals surface area contributed by atoms with E-state index in [-0.39, 0.29) is 91.7 Å². The summed E-state index contributed by atoms with van der Waals surface area (Å²) in [4.78, 5) is 26.2. The fourth-order valence-electron chi connectivity index (χ4n) is 28.3. The predicted molar refractivity (Wildman–Crippen MR) is 338 cm³/mol. The zero-order chi connectivity index (χ0) is 62.4. The van der Waals surface area contributed by atoms with Crippen LogP contribution in [0.2, 0.25) is 0 Å². The number of carbonyl (C=O) groups is 2. The van der Waals surface area contributed by atoms with E-state index in [1.54, 1.807) is 0 Å². The van der Waals surface area contributed by atoms with Crippen LogP contribution >= 0.6 is 0 Å². The summed E-state index contributed by atoms with van der Waals surface area (Å²) in [6.45, 7) is 3.24. The van der Waals surface area contributed by atoms with Gasteiger partial charge in [-0.25, -0.2) is 4.79 Å². The second-order valence-corrected chi connectivity index (χ2v) is 34.8. The van der Waals surface area contributed by atoms with Gasteiger partial charge in [0.15, 0.2) is 11.4 Å². The van der Waals surface area contributed by atoms with E-state index in [0.29, 0.717) is 61.1 Å². The number of hydrazine groups is 1. The van der Waals surface area contributed by atoms with Gasteiger partial charge in [0.2, 0.25) is 6.29 Å². The molecule has 10 spiro atoms. The first-order chi connectivity index (χ1) is 43.7. The number of ether oxygens (including phenoxy) is 4. The summed E-state index contributed by atoms with van der Waals surface area (Å²) in [5.41, 5.74) is 7.44. The van der Waals surface area contributed by atoms with E-state index in [1.165, 1.54) is 139 Å². The fourth-order valence-corrected chi connectivity index (χ4v) is 28.3. The number of carbonyl (C=O) groups excluding carboxylic acids is 1. The molecule has 11 aliphatic carbocycles. The topological polar surface area (TPSA) is 237 Å². The molecule has 10 saturated carbocycles.